The zero-order valence-electron chi connectivity index (χ0n) is 9.90. The molecule has 2 heteroatoms. The topological polar surface area (TPSA) is 37.3 Å². The Balaban J connectivity index is 2.53. The highest BCUT2D eigenvalue weighted by Gasteiger charge is 2.05. The number of rotatable bonds is 2. The van der Waals surface area contributed by atoms with Crippen LogP contribution in [0, 0.1) is 13.8 Å². The van der Waals surface area contributed by atoms with Gasteiger partial charge in [-0.25, -0.2) is 0 Å². The Morgan fingerprint density at radius 2 is 1.82 bits per heavy atom. The maximum atomic E-state index is 10.6. The number of aromatic hydroxyl groups is 1. The second-order valence-corrected chi connectivity index (χ2v) is 4.21. The summed E-state index contributed by atoms with van der Waals surface area (Å²) in [5.41, 5.74) is 4.68. The van der Waals surface area contributed by atoms with E-state index < -0.39 is 0 Å². The van der Waals surface area contributed by atoms with Gasteiger partial charge < -0.3 is 5.11 Å². The molecule has 0 unspecified atom stereocenters. The number of hydrogen-bond donors (Lipinski definition) is 1. The summed E-state index contributed by atoms with van der Waals surface area (Å²) in [4.78, 5) is 10.6. The van der Waals surface area contributed by atoms with Crippen molar-refractivity contribution in [2.75, 3.05) is 0 Å². The minimum absolute atomic E-state index is 0.0254. The molecule has 0 saturated carbocycles. The molecule has 0 amide bonds. The van der Waals surface area contributed by atoms with Crippen molar-refractivity contribution in [3.63, 3.8) is 0 Å². The number of benzene rings is 2. The smallest absolute Gasteiger partial charge is 0.153 e. The lowest BCUT2D eigenvalue weighted by molar-refractivity contribution is 0.112. The number of aryl methyl sites for hydroxylation is 2. The van der Waals surface area contributed by atoms with Gasteiger partial charge in [0.25, 0.3) is 0 Å². The molecule has 0 radical (unpaired) electrons. The molecule has 2 aromatic carbocycles. The summed E-state index contributed by atoms with van der Waals surface area (Å²) in [7, 11) is 0. The Morgan fingerprint density at radius 3 is 2.41 bits per heavy atom. The average molecular weight is 226 g/mol. The van der Waals surface area contributed by atoms with E-state index in [1.807, 2.05) is 32.0 Å². The fourth-order valence-corrected chi connectivity index (χ4v) is 1.95. The molecule has 17 heavy (non-hydrogen) atoms. The highest BCUT2D eigenvalue weighted by molar-refractivity contribution is 5.82. The van der Waals surface area contributed by atoms with Gasteiger partial charge in [-0.3, -0.25) is 4.79 Å². The van der Waals surface area contributed by atoms with Gasteiger partial charge in [0.05, 0.1) is 5.56 Å². The van der Waals surface area contributed by atoms with Gasteiger partial charge >= 0.3 is 0 Å². The van der Waals surface area contributed by atoms with E-state index in [2.05, 4.69) is 6.07 Å². The Morgan fingerprint density at radius 1 is 1.06 bits per heavy atom. The predicted molar refractivity (Wildman–Crippen MR) is 68.4 cm³/mol. The van der Waals surface area contributed by atoms with Crippen molar-refractivity contribution in [2.24, 2.45) is 0 Å². The number of carbonyl (C=O) groups excluding carboxylic acids is 1. The molecule has 0 fully saturated rings. The van der Waals surface area contributed by atoms with Crippen LogP contribution in [0.4, 0.5) is 0 Å². The summed E-state index contributed by atoms with van der Waals surface area (Å²) >= 11 is 0. The van der Waals surface area contributed by atoms with Crippen LogP contribution in [-0.2, 0) is 0 Å². The molecule has 2 nitrogen and oxygen atoms in total. The molecule has 2 rings (SSSR count). The highest BCUT2D eigenvalue weighted by Crippen LogP contribution is 2.28. The van der Waals surface area contributed by atoms with Gasteiger partial charge in [0, 0.05) is 0 Å². The van der Waals surface area contributed by atoms with E-state index >= 15 is 0 Å². The van der Waals surface area contributed by atoms with Gasteiger partial charge in [0.15, 0.2) is 6.29 Å². The largest absolute Gasteiger partial charge is 0.507 e. The quantitative estimate of drug-likeness (QED) is 0.796. The Kier molecular flexibility index (Phi) is 2.96. The van der Waals surface area contributed by atoms with Crippen LogP contribution in [0.2, 0.25) is 0 Å². The van der Waals surface area contributed by atoms with E-state index in [1.165, 1.54) is 5.56 Å². The van der Waals surface area contributed by atoms with E-state index in [-0.39, 0.29) is 5.75 Å². The molecule has 0 saturated heterocycles. The van der Waals surface area contributed by atoms with Crippen LogP contribution in [0.5, 0.6) is 5.75 Å². The zero-order chi connectivity index (χ0) is 12.4. The zero-order valence-corrected chi connectivity index (χ0v) is 9.90. The lowest BCUT2D eigenvalue weighted by atomic mass is 9.97. The summed E-state index contributed by atoms with van der Waals surface area (Å²) < 4.78 is 0. The number of phenolic OH excluding ortho intramolecular Hbond substituents is 1. The Labute approximate surface area is 101 Å². The predicted octanol–water partition coefficient (Wildman–Crippen LogP) is 3.49. The molecule has 1 N–H and O–H groups in total. The second kappa shape index (κ2) is 4.42. The molecule has 0 aliphatic rings. The van der Waals surface area contributed by atoms with Crippen LogP contribution >= 0.6 is 0 Å². The van der Waals surface area contributed by atoms with Gasteiger partial charge in [-0.15, -0.1) is 0 Å². The lowest BCUT2D eigenvalue weighted by Gasteiger charge is -2.08. The molecular weight excluding hydrogens is 212 g/mol. The molecule has 0 heterocycles. The molecule has 0 spiro atoms. The van der Waals surface area contributed by atoms with Gasteiger partial charge in [-0.2, -0.15) is 0 Å². The normalized spacial score (nSPS) is 10.2. The number of hydrogen-bond acceptors (Lipinski definition) is 2. The third-order valence-electron chi connectivity index (χ3n) is 2.85. The Hall–Kier alpha value is -2.09. The number of phenols is 1. The van der Waals surface area contributed by atoms with Crippen molar-refractivity contribution in [1.82, 2.24) is 0 Å². The first kappa shape index (κ1) is 11.4. The van der Waals surface area contributed by atoms with Crippen LogP contribution in [0.15, 0.2) is 36.4 Å². The van der Waals surface area contributed by atoms with Crippen molar-refractivity contribution in [1.29, 1.82) is 0 Å². The average Bonchev–Trinajstić information content (AvgIpc) is 2.29. The van der Waals surface area contributed by atoms with Crippen molar-refractivity contribution in [3.8, 4) is 16.9 Å². The summed E-state index contributed by atoms with van der Waals surface area (Å²) in [5.74, 6) is 0.0254. The molecule has 0 atom stereocenters. The maximum Gasteiger partial charge on any atom is 0.153 e. The van der Waals surface area contributed by atoms with Crippen LogP contribution < -0.4 is 0 Å². The maximum absolute atomic E-state index is 10.6. The van der Waals surface area contributed by atoms with Gasteiger partial charge in [0.1, 0.15) is 5.75 Å². The van der Waals surface area contributed by atoms with E-state index in [1.54, 1.807) is 12.1 Å². The van der Waals surface area contributed by atoms with Gasteiger partial charge in [-0.05, 0) is 42.7 Å². The molecule has 0 aromatic heterocycles. The lowest BCUT2D eigenvalue weighted by Crippen LogP contribution is -1.87. The molecule has 0 aliphatic heterocycles. The molecule has 2 aromatic rings. The summed E-state index contributed by atoms with van der Waals surface area (Å²) in [6.07, 6.45) is 0.654. The summed E-state index contributed by atoms with van der Waals surface area (Å²) in [5, 5.41) is 9.67. The third kappa shape index (κ3) is 2.21. The van der Waals surface area contributed by atoms with E-state index in [4.69, 9.17) is 0 Å². The van der Waals surface area contributed by atoms with Crippen LogP contribution in [0.1, 0.15) is 21.5 Å². The number of aldehydes is 1. The minimum atomic E-state index is 0.0254. The standard InChI is InChI=1S/C15H14O2/c1-10-3-6-14(11(2)7-10)12-4-5-13(9-16)15(17)8-12/h3-9,17H,1-2H3. The van der Waals surface area contributed by atoms with Crippen molar-refractivity contribution < 1.29 is 9.90 Å². The second-order valence-electron chi connectivity index (χ2n) is 4.21. The fraction of sp³-hybridized carbons (Fsp3) is 0.133. The molecule has 86 valence electrons. The molecule has 0 aliphatic carbocycles. The van der Waals surface area contributed by atoms with Crippen LogP contribution in [-0.4, -0.2) is 11.4 Å². The first-order valence-electron chi connectivity index (χ1n) is 5.47. The molecule has 0 bridgehead atoms. The van der Waals surface area contributed by atoms with E-state index in [9.17, 15) is 9.90 Å². The Bertz CT molecular complexity index is 571. The van der Waals surface area contributed by atoms with Crippen LogP contribution in [0.3, 0.4) is 0 Å². The first-order chi connectivity index (χ1) is 8.11. The van der Waals surface area contributed by atoms with Crippen molar-refractivity contribution >= 4 is 6.29 Å². The fourth-order valence-electron chi connectivity index (χ4n) is 1.95. The summed E-state index contributed by atoms with van der Waals surface area (Å²) in [6, 6.07) is 11.3. The van der Waals surface area contributed by atoms with Crippen LogP contribution in [0.25, 0.3) is 11.1 Å². The van der Waals surface area contributed by atoms with Crippen molar-refractivity contribution in [2.45, 2.75) is 13.8 Å². The summed E-state index contributed by atoms with van der Waals surface area (Å²) in [6.45, 7) is 4.08. The monoisotopic (exact) mass is 226 g/mol. The SMILES string of the molecule is Cc1ccc(-c2ccc(C=O)c(O)c2)c(C)c1. The molecular formula is C15H14O2. The van der Waals surface area contributed by atoms with E-state index in [0.29, 0.717) is 11.8 Å². The van der Waals surface area contributed by atoms with Gasteiger partial charge in [0.2, 0.25) is 0 Å². The minimum Gasteiger partial charge on any atom is -0.507 e. The van der Waals surface area contributed by atoms with Crippen molar-refractivity contribution in [3.05, 3.63) is 53.1 Å². The number of carbonyl (C=O) groups is 1. The van der Waals surface area contributed by atoms with Gasteiger partial charge in [-0.1, -0.05) is 29.8 Å². The third-order valence-corrected chi connectivity index (χ3v) is 2.85. The van der Waals surface area contributed by atoms with E-state index in [0.717, 1.165) is 16.7 Å². The first-order valence-corrected chi connectivity index (χ1v) is 5.47. The highest BCUT2D eigenvalue weighted by atomic mass is 16.3.